The Kier molecular flexibility index (Phi) is 3.04. The first-order valence-electron chi connectivity index (χ1n) is 3.52. The van der Waals surface area contributed by atoms with Crippen LogP contribution >= 0.6 is 8.60 Å². The zero-order chi connectivity index (χ0) is 9.14. The first-order chi connectivity index (χ1) is 5.59. The Hall–Kier alpha value is -0.630. The van der Waals surface area contributed by atoms with Crippen LogP contribution in [0.4, 0.5) is 0 Å². The van der Waals surface area contributed by atoms with Crippen molar-refractivity contribution in [3.8, 4) is 5.75 Å². The Morgan fingerprint density at radius 3 is 2.33 bits per heavy atom. The molecule has 0 radical (unpaired) electrons. The highest BCUT2D eigenvalue weighted by Crippen LogP contribution is 2.29. The van der Waals surface area contributed by atoms with Gasteiger partial charge in [0, 0.05) is 0 Å². The van der Waals surface area contributed by atoms with Crippen molar-refractivity contribution in [1.29, 1.82) is 0 Å². The van der Waals surface area contributed by atoms with E-state index in [1.165, 1.54) is 0 Å². The van der Waals surface area contributed by atoms with Crippen LogP contribution in [-0.4, -0.2) is 9.79 Å². The maximum Gasteiger partial charge on any atom is 0.391 e. The number of benzene rings is 1. The molecule has 0 fully saturated rings. The average molecular weight is 186 g/mol. The van der Waals surface area contributed by atoms with Crippen molar-refractivity contribution in [2.75, 3.05) is 0 Å². The summed E-state index contributed by atoms with van der Waals surface area (Å²) in [7, 11) is -2.30. The van der Waals surface area contributed by atoms with E-state index in [1.54, 1.807) is 12.1 Å². The van der Waals surface area contributed by atoms with Crippen LogP contribution in [0.25, 0.3) is 0 Å². The van der Waals surface area contributed by atoms with Gasteiger partial charge in [-0.1, -0.05) is 6.07 Å². The molecule has 1 aromatic rings. The first kappa shape index (κ1) is 9.46. The topological polar surface area (TPSA) is 49.7 Å². The predicted molar refractivity (Wildman–Crippen MR) is 47.9 cm³/mol. The summed E-state index contributed by atoms with van der Waals surface area (Å²) in [5.41, 5.74) is 2.23. The summed E-state index contributed by atoms with van der Waals surface area (Å²) in [6.45, 7) is 3.93. The molecular formula is C8H11O3P. The van der Waals surface area contributed by atoms with Crippen LogP contribution in [0.15, 0.2) is 18.2 Å². The van der Waals surface area contributed by atoms with Gasteiger partial charge in [0.05, 0.1) is 0 Å². The molecule has 1 rings (SSSR count). The number of rotatable bonds is 2. The van der Waals surface area contributed by atoms with Crippen molar-refractivity contribution >= 4 is 8.60 Å². The van der Waals surface area contributed by atoms with Crippen LogP contribution in [-0.2, 0) is 0 Å². The summed E-state index contributed by atoms with van der Waals surface area (Å²) < 4.78 is 4.73. The van der Waals surface area contributed by atoms with Gasteiger partial charge in [-0.15, -0.1) is 0 Å². The van der Waals surface area contributed by atoms with E-state index < -0.39 is 8.60 Å². The molecule has 0 aliphatic carbocycles. The van der Waals surface area contributed by atoms with E-state index in [1.807, 2.05) is 19.9 Å². The number of aryl methyl sites for hydroxylation is 2. The highest BCUT2D eigenvalue weighted by molar-refractivity contribution is 7.39. The van der Waals surface area contributed by atoms with Crippen LogP contribution in [0.2, 0.25) is 0 Å². The zero-order valence-corrected chi connectivity index (χ0v) is 7.88. The van der Waals surface area contributed by atoms with Gasteiger partial charge in [-0.3, -0.25) is 0 Å². The first-order valence-corrected chi connectivity index (χ1v) is 4.69. The monoisotopic (exact) mass is 186 g/mol. The third-order valence-corrected chi connectivity index (χ3v) is 2.04. The van der Waals surface area contributed by atoms with Gasteiger partial charge in [-0.25, -0.2) is 0 Å². The van der Waals surface area contributed by atoms with Gasteiger partial charge in [0.1, 0.15) is 5.75 Å². The molecule has 0 amide bonds. The molecule has 12 heavy (non-hydrogen) atoms. The Morgan fingerprint density at radius 1 is 1.17 bits per heavy atom. The van der Waals surface area contributed by atoms with Crippen molar-refractivity contribution in [3.63, 3.8) is 0 Å². The van der Waals surface area contributed by atoms with E-state index >= 15 is 0 Å². The minimum atomic E-state index is -2.30. The van der Waals surface area contributed by atoms with Crippen LogP contribution in [0.1, 0.15) is 11.1 Å². The average Bonchev–Trinajstić information content (AvgIpc) is 1.96. The minimum Gasteiger partial charge on any atom is -0.427 e. The Morgan fingerprint density at radius 2 is 1.83 bits per heavy atom. The van der Waals surface area contributed by atoms with Crippen molar-refractivity contribution in [2.24, 2.45) is 0 Å². The van der Waals surface area contributed by atoms with E-state index in [9.17, 15) is 0 Å². The molecule has 66 valence electrons. The van der Waals surface area contributed by atoms with Crippen LogP contribution < -0.4 is 4.52 Å². The minimum absolute atomic E-state index is 0.495. The van der Waals surface area contributed by atoms with Gasteiger partial charge in [0.15, 0.2) is 0 Å². The van der Waals surface area contributed by atoms with Gasteiger partial charge < -0.3 is 14.3 Å². The maximum atomic E-state index is 8.56. The third-order valence-electron chi connectivity index (χ3n) is 1.67. The van der Waals surface area contributed by atoms with E-state index in [-0.39, 0.29) is 0 Å². The second-order valence-corrected chi connectivity index (χ2v) is 3.28. The predicted octanol–water partition coefficient (Wildman–Crippen LogP) is 1.89. The number of hydrogen-bond acceptors (Lipinski definition) is 3. The van der Waals surface area contributed by atoms with Crippen molar-refractivity contribution in [2.45, 2.75) is 13.8 Å². The molecule has 0 aliphatic heterocycles. The maximum absolute atomic E-state index is 8.56. The molecule has 0 saturated carbocycles. The fourth-order valence-corrected chi connectivity index (χ4v) is 1.17. The summed E-state index contributed by atoms with van der Waals surface area (Å²) in [4.78, 5) is 17.1. The lowest BCUT2D eigenvalue weighted by atomic mass is 10.1. The van der Waals surface area contributed by atoms with E-state index in [2.05, 4.69) is 0 Å². The van der Waals surface area contributed by atoms with Gasteiger partial charge in [-0.05, 0) is 37.1 Å². The zero-order valence-electron chi connectivity index (χ0n) is 6.98. The fourth-order valence-electron chi connectivity index (χ4n) is 0.865. The van der Waals surface area contributed by atoms with E-state index in [4.69, 9.17) is 14.3 Å². The lowest BCUT2D eigenvalue weighted by Crippen LogP contribution is -1.87. The molecule has 1 aromatic carbocycles. The normalized spacial score (nSPS) is 10.4. The molecule has 0 saturated heterocycles. The smallest absolute Gasteiger partial charge is 0.391 e. The summed E-state index contributed by atoms with van der Waals surface area (Å²) in [5, 5.41) is 0. The molecule has 2 N–H and O–H groups in total. The van der Waals surface area contributed by atoms with E-state index in [0.717, 1.165) is 11.1 Å². The lowest BCUT2D eigenvalue weighted by Gasteiger charge is -2.06. The Bertz CT molecular complexity index is 273. The van der Waals surface area contributed by atoms with Gasteiger partial charge in [0.25, 0.3) is 0 Å². The van der Waals surface area contributed by atoms with E-state index in [0.29, 0.717) is 5.75 Å². The quantitative estimate of drug-likeness (QED) is 0.693. The largest absolute Gasteiger partial charge is 0.427 e. The lowest BCUT2D eigenvalue weighted by molar-refractivity contribution is 0.375. The second-order valence-electron chi connectivity index (χ2n) is 2.59. The van der Waals surface area contributed by atoms with Crippen molar-refractivity contribution < 1.29 is 14.3 Å². The van der Waals surface area contributed by atoms with Crippen LogP contribution in [0, 0.1) is 13.8 Å². The fraction of sp³-hybridized carbons (Fsp3) is 0.250. The molecule has 0 spiro atoms. The molecule has 0 unspecified atom stereocenters. The molecule has 3 nitrogen and oxygen atoms in total. The molecule has 4 heteroatoms. The van der Waals surface area contributed by atoms with Gasteiger partial charge in [-0.2, -0.15) is 0 Å². The highest BCUT2D eigenvalue weighted by Gasteiger charge is 2.02. The van der Waals surface area contributed by atoms with Gasteiger partial charge >= 0.3 is 8.60 Å². The summed E-state index contributed by atoms with van der Waals surface area (Å²) in [5.74, 6) is 0.495. The molecular weight excluding hydrogens is 175 g/mol. The Labute approximate surface area is 72.6 Å². The van der Waals surface area contributed by atoms with Crippen molar-refractivity contribution in [3.05, 3.63) is 29.3 Å². The van der Waals surface area contributed by atoms with Crippen LogP contribution in [0.5, 0.6) is 5.75 Å². The third kappa shape index (κ3) is 2.45. The molecule has 0 aromatic heterocycles. The molecule has 0 atom stereocenters. The van der Waals surface area contributed by atoms with Gasteiger partial charge in [0.2, 0.25) is 0 Å². The summed E-state index contributed by atoms with van der Waals surface area (Å²) in [6.07, 6.45) is 0. The Balaban J connectivity index is 2.82. The summed E-state index contributed by atoms with van der Waals surface area (Å²) >= 11 is 0. The highest BCUT2D eigenvalue weighted by atomic mass is 31.2. The second kappa shape index (κ2) is 3.85. The van der Waals surface area contributed by atoms with Crippen LogP contribution in [0.3, 0.4) is 0 Å². The molecule has 0 heterocycles. The standard InChI is InChI=1S/C8H11O3P/c1-6-3-4-8(5-7(6)2)11-12(9)10/h3-5,9-10H,1-2H3. The molecule has 0 aliphatic rings. The molecule has 0 bridgehead atoms. The number of hydrogen-bond donors (Lipinski definition) is 2. The summed E-state index contributed by atoms with van der Waals surface area (Å²) in [6, 6.07) is 5.37. The van der Waals surface area contributed by atoms with Crippen molar-refractivity contribution in [1.82, 2.24) is 0 Å². The SMILES string of the molecule is Cc1ccc(OP(O)O)cc1C.